The topological polar surface area (TPSA) is 95.5 Å². The number of hydrogen-bond donors (Lipinski definition) is 3. The molecule has 0 bridgehead atoms. The number of aliphatic carboxylic acids is 1. The van der Waals surface area contributed by atoms with Gasteiger partial charge in [0.1, 0.15) is 6.04 Å². The molecule has 0 unspecified atom stereocenters. The summed E-state index contributed by atoms with van der Waals surface area (Å²) in [5, 5.41) is 15.1. The lowest BCUT2D eigenvalue weighted by molar-refractivity contribution is -0.145. The van der Waals surface area contributed by atoms with E-state index in [1.54, 1.807) is 0 Å². The average Bonchev–Trinajstić information content (AvgIpc) is 2.99. The van der Waals surface area contributed by atoms with Crippen molar-refractivity contribution in [1.29, 1.82) is 0 Å². The van der Waals surface area contributed by atoms with Crippen LogP contribution in [-0.2, 0) is 14.4 Å². The quantitative estimate of drug-likeness (QED) is 0.690. The Morgan fingerprint density at radius 2 is 1.79 bits per heavy atom. The maximum Gasteiger partial charge on any atom is 0.325 e. The van der Waals surface area contributed by atoms with Gasteiger partial charge in [0.05, 0.1) is 0 Å². The molecule has 2 amide bonds. The van der Waals surface area contributed by atoms with Gasteiger partial charge in [0, 0.05) is 18.4 Å². The van der Waals surface area contributed by atoms with Crippen molar-refractivity contribution in [2.45, 2.75) is 84.2 Å². The van der Waals surface area contributed by atoms with Crippen molar-refractivity contribution >= 4 is 17.8 Å². The molecule has 6 nitrogen and oxygen atoms in total. The van der Waals surface area contributed by atoms with Crippen molar-refractivity contribution in [2.24, 2.45) is 34.5 Å². The summed E-state index contributed by atoms with van der Waals surface area (Å²) in [4.78, 5) is 35.9. The van der Waals surface area contributed by atoms with E-state index in [2.05, 4.69) is 24.5 Å². The van der Waals surface area contributed by atoms with Crippen molar-refractivity contribution in [2.75, 3.05) is 0 Å². The second-order valence-corrected chi connectivity index (χ2v) is 10.3. The molecule has 3 aliphatic carbocycles. The van der Waals surface area contributed by atoms with Gasteiger partial charge in [-0.1, -0.05) is 13.8 Å². The molecular formula is C22H34N2O4. The predicted octanol–water partition coefficient (Wildman–Crippen LogP) is 2.71. The molecule has 4 rings (SSSR count). The molecule has 1 heterocycles. The van der Waals surface area contributed by atoms with Crippen molar-refractivity contribution in [1.82, 2.24) is 10.6 Å². The molecule has 3 saturated carbocycles. The summed E-state index contributed by atoms with van der Waals surface area (Å²) in [5.74, 6) is 0.806. The van der Waals surface area contributed by atoms with E-state index in [4.69, 9.17) is 5.11 Å². The maximum absolute atomic E-state index is 12.9. The van der Waals surface area contributed by atoms with Gasteiger partial charge in [-0.2, -0.15) is 0 Å². The smallest absolute Gasteiger partial charge is 0.325 e. The lowest BCUT2D eigenvalue weighted by atomic mass is 9.47. The fraction of sp³-hybridized carbons (Fsp3) is 0.864. The monoisotopic (exact) mass is 390 g/mol. The highest BCUT2D eigenvalue weighted by Crippen LogP contribution is 2.65. The molecular weight excluding hydrogens is 356 g/mol. The minimum Gasteiger partial charge on any atom is -0.480 e. The molecule has 4 aliphatic rings. The lowest BCUT2D eigenvalue weighted by Crippen LogP contribution is -2.61. The zero-order valence-electron chi connectivity index (χ0n) is 17.3. The first-order valence-electron chi connectivity index (χ1n) is 11.0. The van der Waals surface area contributed by atoms with E-state index in [0.29, 0.717) is 30.2 Å². The second kappa shape index (κ2) is 6.74. The van der Waals surface area contributed by atoms with Crippen LogP contribution in [0.15, 0.2) is 0 Å². The zero-order chi connectivity index (χ0) is 20.3. The summed E-state index contributed by atoms with van der Waals surface area (Å²) >= 11 is 0. The van der Waals surface area contributed by atoms with Crippen LogP contribution in [0.25, 0.3) is 0 Å². The Morgan fingerprint density at radius 3 is 2.50 bits per heavy atom. The van der Waals surface area contributed by atoms with Crippen LogP contribution >= 0.6 is 0 Å². The number of fused-ring (bicyclic) bond motifs is 5. The average molecular weight is 391 g/mol. The molecule has 8 atom stereocenters. The van der Waals surface area contributed by atoms with Gasteiger partial charge < -0.3 is 15.7 Å². The van der Waals surface area contributed by atoms with Gasteiger partial charge in [0.15, 0.2) is 0 Å². The van der Waals surface area contributed by atoms with Crippen LogP contribution in [0.1, 0.15) is 72.1 Å². The number of carboxylic acids is 1. The third-order valence-corrected chi connectivity index (χ3v) is 9.14. The van der Waals surface area contributed by atoms with Gasteiger partial charge in [0.2, 0.25) is 11.8 Å². The lowest BCUT2D eigenvalue weighted by Gasteiger charge is -2.60. The molecule has 1 aliphatic heterocycles. The first-order chi connectivity index (χ1) is 13.2. The molecule has 28 heavy (non-hydrogen) atoms. The fourth-order valence-corrected chi connectivity index (χ4v) is 7.51. The van der Waals surface area contributed by atoms with Crippen LogP contribution in [0, 0.1) is 34.5 Å². The highest BCUT2D eigenvalue weighted by Gasteiger charge is 2.61. The number of piperidine rings is 1. The van der Waals surface area contributed by atoms with Crippen LogP contribution in [0.3, 0.4) is 0 Å². The molecule has 4 fully saturated rings. The molecule has 0 radical (unpaired) electrons. The normalized spacial score (nSPS) is 45.8. The first-order valence-corrected chi connectivity index (χ1v) is 11.0. The van der Waals surface area contributed by atoms with E-state index >= 15 is 0 Å². The van der Waals surface area contributed by atoms with Crippen molar-refractivity contribution in [3.8, 4) is 0 Å². The zero-order valence-corrected chi connectivity index (χ0v) is 17.3. The van der Waals surface area contributed by atoms with Gasteiger partial charge in [-0.15, -0.1) is 0 Å². The molecule has 156 valence electrons. The van der Waals surface area contributed by atoms with E-state index in [0.717, 1.165) is 44.9 Å². The summed E-state index contributed by atoms with van der Waals surface area (Å²) in [6.07, 6.45) is 7.84. The Bertz CT molecular complexity index is 694. The summed E-state index contributed by atoms with van der Waals surface area (Å²) < 4.78 is 0. The number of rotatable bonds is 3. The molecule has 6 heteroatoms. The summed E-state index contributed by atoms with van der Waals surface area (Å²) in [6.45, 7) is 6.18. The summed E-state index contributed by atoms with van der Waals surface area (Å²) in [6, 6.07) is -0.539. The van der Waals surface area contributed by atoms with Crippen LogP contribution in [-0.4, -0.2) is 35.0 Å². The van der Waals surface area contributed by atoms with Gasteiger partial charge in [-0.05, 0) is 80.5 Å². The number of nitrogens with one attached hydrogen (secondary N) is 2. The number of carbonyl (C=O) groups excluding carboxylic acids is 2. The highest BCUT2D eigenvalue weighted by atomic mass is 16.4. The van der Waals surface area contributed by atoms with E-state index in [1.807, 2.05) is 0 Å². The van der Waals surface area contributed by atoms with E-state index < -0.39 is 12.0 Å². The molecule has 3 N–H and O–H groups in total. The van der Waals surface area contributed by atoms with Crippen molar-refractivity contribution in [3.05, 3.63) is 0 Å². The van der Waals surface area contributed by atoms with E-state index in [9.17, 15) is 14.4 Å². The molecule has 0 aromatic carbocycles. The van der Waals surface area contributed by atoms with Crippen LogP contribution in [0.4, 0.5) is 0 Å². The molecule has 0 spiro atoms. The van der Waals surface area contributed by atoms with Crippen LogP contribution in [0.5, 0.6) is 0 Å². The van der Waals surface area contributed by atoms with E-state index in [1.165, 1.54) is 6.92 Å². The SMILES string of the molecule is C[C@H](NC(=O)[C@H]1CC[C@H]2[C@@H]3CC[C@H]4NC(=O)CC[C@]4(C)[C@H]3CC[C@]12C)C(=O)O. The Morgan fingerprint density at radius 1 is 1.07 bits per heavy atom. The summed E-state index contributed by atoms with van der Waals surface area (Å²) in [7, 11) is 0. The van der Waals surface area contributed by atoms with Crippen LogP contribution in [0.2, 0.25) is 0 Å². The van der Waals surface area contributed by atoms with Crippen molar-refractivity contribution in [3.63, 3.8) is 0 Å². The highest BCUT2D eigenvalue weighted by molar-refractivity contribution is 5.85. The maximum atomic E-state index is 12.9. The summed E-state index contributed by atoms with van der Waals surface area (Å²) in [5.41, 5.74) is 0.140. The Balaban J connectivity index is 1.53. The molecule has 0 aromatic rings. The minimum absolute atomic E-state index is 0.0371. The van der Waals surface area contributed by atoms with Gasteiger partial charge in [-0.25, -0.2) is 0 Å². The number of carboxylic acid groups (broad SMARTS) is 1. The number of carbonyl (C=O) groups is 3. The Labute approximate surface area is 167 Å². The van der Waals surface area contributed by atoms with Gasteiger partial charge in [-0.3, -0.25) is 14.4 Å². The second-order valence-electron chi connectivity index (χ2n) is 10.3. The first kappa shape index (κ1) is 19.7. The number of hydrogen-bond acceptors (Lipinski definition) is 3. The van der Waals surface area contributed by atoms with Crippen molar-refractivity contribution < 1.29 is 19.5 Å². The molecule has 0 aromatic heterocycles. The predicted molar refractivity (Wildman–Crippen MR) is 104 cm³/mol. The Hall–Kier alpha value is -1.59. The third kappa shape index (κ3) is 2.86. The van der Waals surface area contributed by atoms with Gasteiger partial charge >= 0.3 is 5.97 Å². The van der Waals surface area contributed by atoms with Gasteiger partial charge in [0.25, 0.3) is 0 Å². The Kier molecular flexibility index (Phi) is 4.74. The number of amides is 2. The standard InChI is InChI=1S/C22H34N2O4/c1-12(20(27)28)23-19(26)16-6-5-14-13-4-7-17-22(3,11-9-18(25)24-17)15(13)8-10-21(14,16)2/h12-17H,4-11H2,1-3H3,(H,23,26)(H,24,25)(H,27,28)/t12-,13-,14-,15-,16+,17+,21-,22+/m0/s1. The third-order valence-electron chi connectivity index (χ3n) is 9.14. The fourth-order valence-electron chi connectivity index (χ4n) is 7.51. The van der Waals surface area contributed by atoms with Crippen LogP contribution < -0.4 is 10.6 Å². The molecule has 1 saturated heterocycles. The minimum atomic E-state index is -0.984. The largest absolute Gasteiger partial charge is 0.480 e. The van der Waals surface area contributed by atoms with E-state index in [-0.39, 0.29) is 28.6 Å².